The Morgan fingerprint density at radius 2 is 1.77 bits per heavy atom. The van der Waals surface area contributed by atoms with Gasteiger partial charge in [0, 0.05) is 22.9 Å². The van der Waals surface area contributed by atoms with Crippen LogP contribution in [0.4, 0.5) is 23.2 Å². The molecule has 0 saturated carbocycles. The number of methoxy groups -OCH3 is 1. The van der Waals surface area contributed by atoms with Crippen LogP contribution in [0.25, 0.3) is 11.1 Å². The first-order valence-corrected chi connectivity index (χ1v) is 7.71. The Hall–Kier alpha value is -3.09. The SMILES string of the molecule is COc1c(F)c(F)c(-c2ccccc2F)c2c1C2(F)Nc1cccnc1. The molecule has 0 bridgehead atoms. The van der Waals surface area contributed by atoms with Gasteiger partial charge in [-0.1, -0.05) is 18.2 Å². The third kappa shape index (κ3) is 2.23. The third-order valence-electron chi connectivity index (χ3n) is 4.29. The minimum Gasteiger partial charge on any atom is -0.493 e. The van der Waals surface area contributed by atoms with E-state index in [0.717, 1.165) is 13.2 Å². The molecule has 1 atom stereocenters. The standard InChI is InChI=1S/C19H12F4N2O/c1-26-18-15-14(19(15,23)25-10-5-4-8-24-9-10)13(16(21)17(18)22)11-6-2-3-7-12(11)20/h2-9,25H,1H3. The molecule has 0 aliphatic heterocycles. The summed E-state index contributed by atoms with van der Waals surface area (Å²) in [5, 5.41) is 2.55. The molecule has 0 amide bonds. The smallest absolute Gasteiger partial charge is 0.237 e. The molecule has 1 N–H and O–H groups in total. The summed E-state index contributed by atoms with van der Waals surface area (Å²) < 4.78 is 63.7. The van der Waals surface area contributed by atoms with Gasteiger partial charge in [-0.25, -0.2) is 13.2 Å². The quantitative estimate of drug-likeness (QED) is 0.538. The van der Waals surface area contributed by atoms with E-state index in [2.05, 4.69) is 10.3 Å². The number of anilines is 1. The number of aromatic nitrogens is 1. The lowest BCUT2D eigenvalue weighted by Gasteiger charge is -2.11. The summed E-state index contributed by atoms with van der Waals surface area (Å²) >= 11 is 0. The van der Waals surface area contributed by atoms with Crippen LogP contribution in [0.15, 0.2) is 48.8 Å². The van der Waals surface area contributed by atoms with E-state index in [4.69, 9.17) is 4.74 Å². The van der Waals surface area contributed by atoms with E-state index < -0.39 is 34.6 Å². The van der Waals surface area contributed by atoms with Crippen LogP contribution in [0.3, 0.4) is 0 Å². The zero-order valence-electron chi connectivity index (χ0n) is 13.5. The molecule has 132 valence electrons. The van der Waals surface area contributed by atoms with E-state index in [1.807, 2.05) is 0 Å². The van der Waals surface area contributed by atoms with Crippen LogP contribution >= 0.6 is 0 Å². The monoisotopic (exact) mass is 360 g/mol. The predicted molar refractivity (Wildman–Crippen MR) is 88.1 cm³/mol. The molecule has 4 rings (SSSR count). The molecule has 0 radical (unpaired) electrons. The fourth-order valence-corrected chi connectivity index (χ4v) is 3.12. The second kappa shape index (κ2) is 5.72. The van der Waals surface area contributed by atoms with Crippen molar-refractivity contribution in [2.45, 2.75) is 5.79 Å². The molecule has 3 aromatic rings. The van der Waals surface area contributed by atoms with Crippen LogP contribution in [0, 0.1) is 17.5 Å². The molecule has 7 heteroatoms. The van der Waals surface area contributed by atoms with Crippen molar-refractivity contribution >= 4 is 5.69 Å². The molecule has 1 unspecified atom stereocenters. The second-order valence-electron chi connectivity index (χ2n) is 5.79. The summed E-state index contributed by atoms with van der Waals surface area (Å²) in [5.41, 5.74) is -0.776. The lowest BCUT2D eigenvalue weighted by molar-refractivity contribution is 0.318. The lowest BCUT2D eigenvalue weighted by atomic mass is 10.0. The Morgan fingerprint density at radius 1 is 1.00 bits per heavy atom. The maximum atomic E-state index is 15.6. The molecule has 2 aromatic carbocycles. The number of nitrogens with one attached hydrogen (secondary N) is 1. The summed E-state index contributed by atoms with van der Waals surface area (Å²) in [5.74, 6) is -6.45. The van der Waals surface area contributed by atoms with Crippen LogP contribution in [0.1, 0.15) is 11.1 Å². The minimum absolute atomic E-state index is 0.192. The molecular formula is C19H12F4N2O. The highest BCUT2D eigenvalue weighted by molar-refractivity contribution is 5.84. The summed E-state index contributed by atoms with van der Waals surface area (Å²) in [6.07, 6.45) is 2.86. The van der Waals surface area contributed by atoms with Gasteiger partial charge in [-0.05, 0) is 18.2 Å². The summed E-state index contributed by atoms with van der Waals surface area (Å²) in [7, 11) is 1.11. The Bertz CT molecular complexity index is 1010. The minimum atomic E-state index is -2.39. The highest BCUT2D eigenvalue weighted by Gasteiger charge is 2.59. The fourth-order valence-electron chi connectivity index (χ4n) is 3.12. The molecule has 1 aliphatic carbocycles. The van der Waals surface area contributed by atoms with E-state index in [0.29, 0.717) is 5.69 Å². The molecule has 1 heterocycles. The van der Waals surface area contributed by atoms with Gasteiger partial charge in [-0.15, -0.1) is 0 Å². The number of hydrogen-bond donors (Lipinski definition) is 1. The van der Waals surface area contributed by atoms with E-state index in [9.17, 15) is 13.2 Å². The number of hydrogen-bond acceptors (Lipinski definition) is 3. The fraction of sp³-hybridized carbons (Fsp3) is 0.105. The Balaban J connectivity index is 1.93. The first-order valence-electron chi connectivity index (χ1n) is 7.71. The average Bonchev–Trinajstić information content (AvgIpc) is 3.22. The molecular weight excluding hydrogens is 348 g/mol. The van der Waals surface area contributed by atoms with Gasteiger partial charge >= 0.3 is 0 Å². The van der Waals surface area contributed by atoms with E-state index in [1.165, 1.54) is 30.6 Å². The molecule has 0 spiro atoms. The van der Waals surface area contributed by atoms with Gasteiger partial charge in [0.2, 0.25) is 11.6 Å². The van der Waals surface area contributed by atoms with Crippen molar-refractivity contribution < 1.29 is 22.3 Å². The van der Waals surface area contributed by atoms with Crippen molar-refractivity contribution in [3.05, 3.63) is 77.4 Å². The molecule has 3 nitrogen and oxygen atoms in total. The predicted octanol–water partition coefficient (Wildman–Crippen LogP) is 4.77. The zero-order valence-corrected chi connectivity index (χ0v) is 13.5. The third-order valence-corrected chi connectivity index (χ3v) is 4.29. The number of benzene rings is 2. The maximum Gasteiger partial charge on any atom is 0.237 e. The van der Waals surface area contributed by atoms with Crippen LogP contribution in [-0.2, 0) is 5.79 Å². The maximum absolute atomic E-state index is 15.6. The van der Waals surface area contributed by atoms with Crippen molar-refractivity contribution in [2.24, 2.45) is 0 Å². The van der Waals surface area contributed by atoms with Crippen LogP contribution in [-0.4, -0.2) is 12.1 Å². The summed E-state index contributed by atoms with van der Waals surface area (Å²) in [4.78, 5) is 3.86. The normalized spacial score (nSPS) is 17.6. The van der Waals surface area contributed by atoms with Crippen molar-refractivity contribution in [2.75, 3.05) is 12.4 Å². The first kappa shape index (κ1) is 16.4. The van der Waals surface area contributed by atoms with Gasteiger partial charge in [0.1, 0.15) is 5.82 Å². The van der Waals surface area contributed by atoms with Gasteiger partial charge < -0.3 is 10.1 Å². The zero-order chi connectivity index (χ0) is 18.5. The Labute approximate surface area is 146 Å². The van der Waals surface area contributed by atoms with Crippen molar-refractivity contribution in [3.8, 4) is 16.9 Å². The molecule has 1 aromatic heterocycles. The molecule has 26 heavy (non-hydrogen) atoms. The van der Waals surface area contributed by atoms with Crippen molar-refractivity contribution in [3.63, 3.8) is 0 Å². The Kier molecular flexibility index (Phi) is 3.61. The van der Waals surface area contributed by atoms with Gasteiger partial charge in [0.25, 0.3) is 0 Å². The van der Waals surface area contributed by atoms with Crippen LogP contribution < -0.4 is 10.1 Å². The van der Waals surface area contributed by atoms with Gasteiger partial charge in [0.15, 0.2) is 11.6 Å². The van der Waals surface area contributed by atoms with Gasteiger partial charge in [-0.2, -0.15) is 4.39 Å². The van der Waals surface area contributed by atoms with Crippen molar-refractivity contribution in [1.82, 2.24) is 4.98 Å². The van der Waals surface area contributed by atoms with Crippen molar-refractivity contribution in [1.29, 1.82) is 0 Å². The topological polar surface area (TPSA) is 34.1 Å². The number of pyridine rings is 1. The number of halogens is 4. The average molecular weight is 360 g/mol. The van der Waals surface area contributed by atoms with E-state index in [1.54, 1.807) is 12.1 Å². The summed E-state index contributed by atoms with van der Waals surface area (Å²) in [6, 6.07) is 8.36. The number of alkyl halides is 1. The number of rotatable bonds is 4. The van der Waals surface area contributed by atoms with E-state index >= 15 is 4.39 Å². The largest absolute Gasteiger partial charge is 0.493 e. The highest BCUT2D eigenvalue weighted by atomic mass is 19.2. The molecule has 0 saturated heterocycles. The van der Waals surface area contributed by atoms with Gasteiger partial charge in [-0.3, -0.25) is 4.98 Å². The molecule has 1 aliphatic rings. The van der Waals surface area contributed by atoms with Gasteiger partial charge in [0.05, 0.1) is 24.6 Å². The summed E-state index contributed by atoms with van der Waals surface area (Å²) in [6.45, 7) is 0. The lowest BCUT2D eigenvalue weighted by Crippen LogP contribution is -2.14. The number of fused-ring (bicyclic) bond motifs is 1. The Morgan fingerprint density at radius 3 is 2.42 bits per heavy atom. The van der Waals surface area contributed by atoms with Crippen LogP contribution in [0.5, 0.6) is 5.75 Å². The number of nitrogens with zero attached hydrogens (tertiary/aromatic N) is 1. The van der Waals surface area contributed by atoms with E-state index in [-0.39, 0.29) is 16.7 Å². The first-order chi connectivity index (χ1) is 12.5. The van der Waals surface area contributed by atoms with Crippen LogP contribution in [0.2, 0.25) is 0 Å². The number of ether oxygens (including phenoxy) is 1. The second-order valence-corrected chi connectivity index (χ2v) is 5.79. The molecule has 0 fully saturated rings. The highest BCUT2D eigenvalue weighted by Crippen LogP contribution is 2.61.